The number of ketones is 1. The number of aliphatic hydroxyl groups is 1. The summed E-state index contributed by atoms with van der Waals surface area (Å²) in [6.45, 7) is 7.49. The highest BCUT2D eigenvalue weighted by atomic mass is 16.6. The van der Waals surface area contributed by atoms with Gasteiger partial charge in [-0.25, -0.2) is 4.79 Å². The molecule has 0 saturated carbocycles. The molecular weight excluding hydrogens is 394 g/mol. The van der Waals surface area contributed by atoms with Crippen molar-refractivity contribution in [1.29, 1.82) is 0 Å². The number of Topliss-reactive ketones (excluding diaryl/α,β-unsaturated/α-hetero) is 1. The Balaban J connectivity index is 1.46. The number of piperidine rings is 1. The average Bonchev–Trinajstić information content (AvgIpc) is 2.77. The van der Waals surface area contributed by atoms with Crippen LogP contribution in [0.2, 0.25) is 0 Å². The van der Waals surface area contributed by atoms with E-state index in [1.165, 1.54) is 0 Å². The molecule has 0 bridgehead atoms. The van der Waals surface area contributed by atoms with Crippen molar-refractivity contribution in [3.8, 4) is 5.75 Å². The molecule has 1 fully saturated rings. The van der Waals surface area contributed by atoms with E-state index in [2.05, 4.69) is 0 Å². The van der Waals surface area contributed by atoms with Crippen molar-refractivity contribution >= 4 is 11.9 Å². The van der Waals surface area contributed by atoms with Crippen LogP contribution in [0, 0.1) is 5.92 Å². The molecule has 1 atom stereocenters. The average molecular weight is 426 g/mol. The highest BCUT2D eigenvalue weighted by Gasteiger charge is 2.27. The lowest BCUT2D eigenvalue weighted by molar-refractivity contribution is 0.0165. The van der Waals surface area contributed by atoms with Crippen molar-refractivity contribution in [2.24, 2.45) is 5.92 Å². The zero-order valence-corrected chi connectivity index (χ0v) is 18.4. The van der Waals surface area contributed by atoms with Gasteiger partial charge in [0.1, 0.15) is 17.5 Å². The van der Waals surface area contributed by atoms with Crippen LogP contribution in [0.5, 0.6) is 5.75 Å². The van der Waals surface area contributed by atoms with Crippen LogP contribution in [-0.4, -0.2) is 47.2 Å². The minimum atomic E-state index is -1.20. The summed E-state index contributed by atoms with van der Waals surface area (Å²) in [5.74, 6) is 0.729. The molecule has 6 nitrogen and oxygen atoms in total. The van der Waals surface area contributed by atoms with E-state index in [0.29, 0.717) is 42.5 Å². The second kappa shape index (κ2) is 9.96. The van der Waals surface area contributed by atoms with Crippen LogP contribution < -0.4 is 4.74 Å². The third-order valence-electron chi connectivity index (χ3n) is 5.25. The van der Waals surface area contributed by atoms with Gasteiger partial charge in [-0.15, -0.1) is 0 Å². The quantitative estimate of drug-likeness (QED) is 0.683. The first-order chi connectivity index (χ1) is 14.7. The number of hydrogen-bond donors (Lipinski definition) is 1. The van der Waals surface area contributed by atoms with Crippen LogP contribution in [-0.2, 0) is 4.74 Å². The molecule has 1 heterocycles. The van der Waals surface area contributed by atoms with E-state index >= 15 is 0 Å². The normalized spacial score (nSPS) is 15.9. The minimum absolute atomic E-state index is 0.258. The highest BCUT2D eigenvalue weighted by molar-refractivity contribution is 5.99. The molecular formula is C25H31NO5. The van der Waals surface area contributed by atoms with E-state index in [-0.39, 0.29) is 11.9 Å². The van der Waals surface area contributed by atoms with Crippen molar-refractivity contribution < 1.29 is 24.2 Å². The largest absolute Gasteiger partial charge is 0.493 e. The lowest BCUT2D eigenvalue weighted by Crippen LogP contribution is -2.42. The number of carbonyl (C=O) groups excluding carboxylic acids is 2. The third kappa shape index (κ3) is 6.56. The Morgan fingerprint density at radius 3 is 2.23 bits per heavy atom. The third-order valence-corrected chi connectivity index (χ3v) is 5.25. The fourth-order valence-corrected chi connectivity index (χ4v) is 3.48. The number of benzene rings is 2. The predicted octanol–water partition coefficient (Wildman–Crippen LogP) is 4.63. The first kappa shape index (κ1) is 22.8. The Bertz CT molecular complexity index is 865. The maximum Gasteiger partial charge on any atom is 0.410 e. The van der Waals surface area contributed by atoms with E-state index in [1.807, 2.05) is 26.8 Å². The van der Waals surface area contributed by atoms with E-state index in [1.54, 1.807) is 53.4 Å². The lowest BCUT2D eigenvalue weighted by Gasteiger charge is -2.33. The summed E-state index contributed by atoms with van der Waals surface area (Å²) >= 11 is 0. The monoisotopic (exact) mass is 425 g/mol. The maximum absolute atomic E-state index is 12.4. The Hall–Kier alpha value is -2.86. The molecule has 1 N–H and O–H groups in total. The van der Waals surface area contributed by atoms with Crippen LogP contribution in [0.15, 0.2) is 54.6 Å². The SMILES string of the molecule is CC(C)(C)OC(=O)N1CCC(COc2ccc(C(O)C(=O)c3ccccc3)cc2)CC1. The topological polar surface area (TPSA) is 76.1 Å². The second-order valence-electron chi connectivity index (χ2n) is 8.92. The molecule has 2 aromatic carbocycles. The number of carbonyl (C=O) groups is 2. The van der Waals surface area contributed by atoms with Gasteiger partial charge in [-0.05, 0) is 57.2 Å². The molecule has 2 aromatic rings. The van der Waals surface area contributed by atoms with Gasteiger partial charge in [0, 0.05) is 18.7 Å². The number of aliphatic hydroxyl groups excluding tert-OH is 1. The standard InChI is InChI=1S/C25H31NO5/c1-25(2,3)31-24(29)26-15-13-18(14-16-26)17-30-21-11-9-20(10-12-21)23(28)22(27)19-7-5-4-6-8-19/h4-12,18,23,28H,13-17H2,1-3H3. The summed E-state index contributed by atoms with van der Waals surface area (Å²) in [6, 6.07) is 15.7. The summed E-state index contributed by atoms with van der Waals surface area (Å²) in [7, 11) is 0. The van der Waals surface area contributed by atoms with Crippen molar-refractivity contribution in [2.45, 2.75) is 45.3 Å². The van der Waals surface area contributed by atoms with E-state index in [4.69, 9.17) is 9.47 Å². The van der Waals surface area contributed by atoms with Crippen molar-refractivity contribution in [2.75, 3.05) is 19.7 Å². The number of ether oxygens (including phenoxy) is 2. The Kier molecular flexibility index (Phi) is 7.33. The van der Waals surface area contributed by atoms with Crippen LogP contribution >= 0.6 is 0 Å². The highest BCUT2D eigenvalue weighted by Crippen LogP contribution is 2.24. The predicted molar refractivity (Wildman–Crippen MR) is 118 cm³/mol. The van der Waals surface area contributed by atoms with Crippen LogP contribution in [0.4, 0.5) is 4.79 Å². The molecule has 0 aliphatic carbocycles. The van der Waals surface area contributed by atoms with Crippen LogP contribution in [0.25, 0.3) is 0 Å². The molecule has 166 valence electrons. The molecule has 1 saturated heterocycles. The Morgan fingerprint density at radius 2 is 1.65 bits per heavy atom. The summed E-state index contributed by atoms with van der Waals surface area (Å²) in [4.78, 5) is 26.3. The first-order valence-electron chi connectivity index (χ1n) is 10.7. The van der Waals surface area contributed by atoms with Gasteiger partial charge in [0.15, 0.2) is 5.78 Å². The van der Waals surface area contributed by atoms with Gasteiger partial charge >= 0.3 is 6.09 Å². The molecule has 1 unspecified atom stereocenters. The molecule has 1 aliphatic rings. The van der Waals surface area contributed by atoms with Crippen LogP contribution in [0.3, 0.4) is 0 Å². The maximum atomic E-state index is 12.4. The number of rotatable bonds is 6. The zero-order chi connectivity index (χ0) is 22.4. The zero-order valence-electron chi connectivity index (χ0n) is 18.4. The Morgan fingerprint density at radius 1 is 1.03 bits per heavy atom. The van der Waals surface area contributed by atoms with Gasteiger partial charge in [-0.1, -0.05) is 42.5 Å². The second-order valence-corrected chi connectivity index (χ2v) is 8.92. The number of nitrogens with zero attached hydrogens (tertiary/aromatic N) is 1. The van der Waals surface area contributed by atoms with Gasteiger partial charge in [-0.2, -0.15) is 0 Å². The molecule has 3 rings (SSSR count). The van der Waals surface area contributed by atoms with Crippen molar-refractivity contribution in [3.05, 3.63) is 65.7 Å². The molecule has 1 aliphatic heterocycles. The molecule has 0 aromatic heterocycles. The van der Waals surface area contributed by atoms with Gasteiger partial charge in [0.05, 0.1) is 6.61 Å². The summed E-state index contributed by atoms with van der Waals surface area (Å²) < 4.78 is 11.3. The number of amides is 1. The van der Waals surface area contributed by atoms with Crippen molar-refractivity contribution in [3.63, 3.8) is 0 Å². The lowest BCUT2D eigenvalue weighted by atomic mass is 9.98. The summed E-state index contributed by atoms with van der Waals surface area (Å²) in [5, 5.41) is 10.4. The molecule has 6 heteroatoms. The summed E-state index contributed by atoms with van der Waals surface area (Å²) in [5.41, 5.74) is 0.530. The molecule has 1 amide bonds. The first-order valence-corrected chi connectivity index (χ1v) is 10.7. The number of likely N-dealkylation sites (tertiary alicyclic amines) is 1. The number of hydrogen-bond acceptors (Lipinski definition) is 5. The molecule has 0 radical (unpaired) electrons. The van der Waals surface area contributed by atoms with E-state index < -0.39 is 11.7 Å². The molecule has 31 heavy (non-hydrogen) atoms. The Labute approximate surface area is 183 Å². The van der Waals surface area contributed by atoms with Gasteiger partial charge < -0.3 is 19.5 Å². The van der Waals surface area contributed by atoms with Crippen LogP contribution in [0.1, 0.15) is 55.6 Å². The summed E-state index contributed by atoms with van der Waals surface area (Å²) in [6.07, 6.45) is 0.267. The molecule has 0 spiro atoms. The van der Waals surface area contributed by atoms with E-state index in [9.17, 15) is 14.7 Å². The fourth-order valence-electron chi connectivity index (χ4n) is 3.48. The van der Waals surface area contributed by atoms with E-state index in [0.717, 1.165) is 12.8 Å². The fraction of sp³-hybridized carbons (Fsp3) is 0.440. The minimum Gasteiger partial charge on any atom is -0.493 e. The smallest absolute Gasteiger partial charge is 0.410 e. The van der Waals surface area contributed by atoms with Crippen molar-refractivity contribution in [1.82, 2.24) is 4.90 Å². The van der Waals surface area contributed by atoms with Gasteiger partial charge in [-0.3, -0.25) is 4.79 Å². The van der Waals surface area contributed by atoms with Gasteiger partial charge in [0.2, 0.25) is 0 Å². The van der Waals surface area contributed by atoms with Gasteiger partial charge in [0.25, 0.3) is 0 Å².